The van der Waals surface area contributed by atoms with Gasteiger partial charge >= 0.3 is 0 Å². The number of rotatable bonds is 2. The number of nitrogens with one attached hydrogen (secondary N) is 1. The zero-order valence-corrected chi connectivity index (χ0v) is 22.2. The molecule has 2 fully saturated rings. The SMILES string of the molecule is Cc1nc(C=C(F)[C@@H]2C[C@@H]3O[C@]3(Cl)COC[C@H](C)[C@H](O)[C@@H](C)C(=O)C(C)(C)[C@@H](O)CC(=O)N2)cs1. The fraction of sp³-hybridized carbons (Fsp3) is 0.708. The smallest absolute Gasteiger partial charge is 0.223 e. The summed E-state index contributed by atoms with van der Waals surface area (Å²) in [5, 5.41) is 25.4. The Hall–Kier alpha value is -1.43. The number of hydrogen-bond acceptors (Lipinski definition) is 8. The largest absolute Gasteiger partial charge is 0.392 e. The molecule has 2 aliphatic heterocycles. The highest BCUT2D eigenvalue weighted by Crippen LogP contribution is 2.44. The molecule has 3 heterocycles. The molecule has 0 unspecified atom stereocenters. The maximum atomic E-state index is 15.3. The lowest BCUT2D eigenvalue weighted by Gasteiger charge is -2.34. The van der Waals surface area contributed by atoms with Crippen LogP contribution in [0.1, 0.15) is 51.2 Å². The number of thiazole rings is 1. The van der Waals surface area contributed by atoms with Gasteiger partial charge in [0.1, 0.15) is 17.7 Å². The number of alkyl halides is 1. The minimum absolute atomic E-state index is 0.0000965. The number of ether oxygens (including phenoxy) is 2. The number of carbonyl (C=O) groups excluding carboxylic acids is 2. The highest BCUT2D eigenvalue weighted by atomic mass is 35.5. The van der Waals surface area contributed by atoms with Crippen molar-refractivity contribution in [1.29, 1.82) is 0 Å². The van der Waals surface area contributed by atoms with Gasteiger partial charge in [-0.1, -0.05) is 39.3 Å². The van der Waals surface area contributed by atoms with E-state index in [9.17, 15) is 19.8 Å². The van der Waals surface area contributed by atoms with Crippen molar-refractivity contribution >= 4 is 40.7 Å². The number of hydrogen-bond donors (Lipinski definition) is 3. The molecule has 8 nitrogen and oxygen atoms in total. The zero-order valence-electron chi connectivity index (χ0n) is 20.6. The first-order chi connectivity index (χ1) is 16.2. The number of aryl methyl sites for hydroxylation is 1. The van der Waals surface area contributed by atoms with Gasteiger partial charge in [0.05, 0.1) is 54.0 Å². The molecule has 0 aromatic carbocycles. The molecule has 196 valence electrons. The molecule has 0 bridgehead atoms. The minimum atomic E-state index is -1.35. The van der Waals surface area contributed by atoms with E-state index in [1.54, 1.807) is 26.2 Å². The molecule has 1 amide bonds. The second kappa shape index (κ2) is 10.9. The summed E-state index contributed by atoms with van der Waals surface area (Å²) in [5.41, 5.74) is -0.890. The van der Waals surface area contributed by atoms with Gasteiger partial charge in [-0.05, 0) is 13.0 Å². The molecule has 35 heavy (non-hydrogen) atoms. The van der Waals surface area contributed by atoms with Crippen LogP contribution in [0, 0.1) is 24.2 Å². The Morgan fingerprint density at radius 3 is 2.66 bits per heavy atom. The maximum absolute atomic E-state index is 15.3. The molecule has 11 heteroatoms. The van der Waals surface area contributed by atoms with Gasteiger partial charge < -0.3 is 25.0 Å². The van der Waals surface area contributed by atoms with Crippen molar-refractivity contribution in [2.45, 2.75) is 76.9 Å². The van der Waals surface area contributed by atoms with Gasteiger partial charge in [-0.2, -0.15) is 0 Å². The van der Waals surface area contributed by atoms with E-state index < -0.39 is 64.8 Å². The van der Waals surface area contributed by atoms with Crippen LogP contribution in [0.15, 0.2) is 11.2 Å². The van der Waals surface area contributed by atoms with Crippen LogP contribution >= 0.6 is 22.9 Å². The van der Waals surface area contributed by atoms with Crippen LogP contribution in [0.4, 0.5) is 4.39 Å². The summed E-state index contributed by atoms with van der Waals surface area (Å²) in [6.45, 7) is 8.33. The molecule has 1 aromatic rings. The Morgan fingerprint density at radius 2 is 2.03 bits per heavy atom. The molecule has 2 aliphatic rings. The number of ketones is 1. The Bertz CT molecular complexity index is 972. The predicted octanol–water partition coefficient (Wildman–Crippen LogP) is 2.98. The number of halogens is 2. The molecule has 3 N–H and O–H groups in total. The highest BCUT2D eigenvalue weighted by Gasteiger charge is 2.56. The fourth-order valence-electron chi connectivity index (χ4n) is 4.26. The van der Waals surface area contributed by atoms with Crippen molar-refractivity contribution in [3.63, 3.8) is 0 Å². The van der Waals surface area contributed by atoms with Crippen molar-refractivity contribution < 1.29 is 33.7 Å². The third-order valence-electron chi connectivity index (χ3n) is 6.84. The summed E-state index contributed by atoms with van der Waals surface area (Å²) in [6.07, 6.45) is -2.08. The Kier molecular flexibility index (Phi) is 8.77. The molecule has 0 radical (unpaired) electrons. The van der Waals surface area contributed by atoms with E-state index >= 15 is 4.39 Å². The Morgan fingerprint density at radius 1 is 1.34 bits per heavy atom. The second-order valence-corrected chi connectivity index (χ2v) is 11.8. The third-order valence-corrected chi connectivity index (χ3v) is 8.07. The van der Waals surface area contributed by atoms with Crippen LogP contribution in [0.5, 0.6) is 0 Å². The van der Waals surface area contributed by atoms with Gasteiger partial charge in [0, 0.05) is 23.6 Å². The molecule has 7 atom stereocenters. The van der Waals surface area contributed by atoms with Gasteiger partial charge in [0.15, 0.2) is 5.06 Å². The molecule has 0 spiro atoms. The number of carbonyl (C=O) groups is 2. The summed E-state index contributed by atoms with van der Waals surface area (Å²) in [6, 6.07) is -1.08. The maximum Gasteiger partial charge on any atom is 0.223 e. The van der Waals surface area contributed by atoms with Crippen LogP contribution < -0.4 is 5.32 Å². The first kappa shape index (κ1) is 28.1. The van der Waals surface area contributed by atoms with Gasteiger partial charge in [-0.15, -0.1) is 11.3 Å². The lowest BCUT2D eigenvalue weighted by atomic mass is 9.73. The predicted molar refractivity (Wildman–Crippen MR) is 131 cm³/mol. The van der Waals surface area contributed by atoms with Gasteiger partial charge in [0.25, 0.3) is 0 Å². The molecular formula is C24H34ClFN2O6S. The summed E-state index contributed by atoms with van der Waals surface area (Å²) < 4.78 is 26.5. The number of epoxide rings is 1. The standard InChI is InChI=1S/C24H34ClFN2O6S/c1-12-9-33-11-24(25)19(34-24)7-17(16(26)6-15-10-35-14(3)27-15)28-20(30)8-18(29)23(4,5)22(32)13(2)21(12)31/h6,10,12-13,17-19,21,29,31H,7-9,11H2,1-5H3,(H,28,30)/t12-,13+,17-,18-,19-,21-,24+/m0/s1. The van der Waals surface area contributed by atoms with E-state index in [1.165, 1.54) is 31.3 Å². The topological polar surface area (TPSA) is 121 Å². The Labute approximate surface area is 213 Å². The van der Waals surface area contributed by atoms with Crippen molar-refractivity contribution in [1.82, 2.24) is 10.3 Å². The van der Waals surface area contributed by atoms with Crippen LogP contribution in [0.3, 0.4) is 0 Å². The molecular weight excluding hydrogens is 499 g/mol. The minimum Gasteiger partial charge on any atom is -0.392 e. The number of Topliss-reactive ketones (excluding diaryl/α,β-unsaturated/α-hetero) is 1. The van der Waals surface area contributed by atoms with Gasteiger partial charge in [0.2, 0.25) is 5.91 Å². The number of aliphatic hydroxyl groups excluding tert-OH is 2. The molecule has 0 saturated carbocycles. The number of nitrogens with zero attached hydrogens (tertiary/aromatic N) is 1. The van der Waals surface area contributed by atoms with Crippen LogP contribution in [0.2, 0.25) is 0 Å². The summed E-state index contributed by atoms with van der Waals surface area (Å²) in [4.78, 5) is 30.2. The van der Waals surface area contributed by atoms with E-state index in [0.717, 1.165) is 5.01 Å². The van der Waals surface area contributed by atoms with Crippen molar-refractivity contribution in [2.75, 3.05) is 13.2 Å². The molecule has 3 rings (SSSR count). The Balaban J connectivity index is 1.85. The quantitative estimate of drug-likeness (QED) is 0.395. The van der Waals surface area contributed by atoms with Gasteiger partial charge in [-0.3, -0.25) is 9.59 Å². The van der Waals surface area contributed by atoms with Crippen LogP contribution in [-0.4, -0.2) is 69.5 Å². The van der Waals surface area contributed by atoms with Crippen LogP contribution in [0.25, 0.3) is 6.08 Å². The monoisotopic (exact) mass is 532 g/mol. The second-order valence-electron chi connectivity index (χ2n) is 10.1. The molecule has 1 aromatic heterocycles. The van der Waals surface area contributed by atoms with Crippen LogP contribution in [-0.2, 0) is 19.1 Å². The first-order valence-electron chi connectivity index (χ1n) is 11.7. The average molecular weight is 533 g/mol. The summed E-state index contributed by atoms with van der Waals surface area (Å²) >= 11 is 7.85. The molecule has 2 saturated heterocycles. The number of amides is 1. The van der Waals surface area contributed by atoms with E-state index in [4.69, 9.17) is 21.1 Å². The van der Waals surface area contributed by atoms with Crippen molar-refractivity contribution in [2.24, 2.45) is 17.3 Å². The number of aliphatic hydroxyl groups is 2. The van der Waals surface area contributed by atoms with Crippen molar-refractivity contribution in [3.8, 4) is 0 Å². The summed E-state index contributed by atoms with van der Waals surface area (Å²) in [7, 11) is 0. The van der Waals surface area contributed by atoms with E-state index in [2.05, 4.69) is 10.3 Å². The first-order valence-corrected chi connectivity index (χ1v) is 12.9. The normalized spacial score (nSPS) is 37.5. The highest BCUT2D eigenvalue weighted by molar-refractivity contribution is 7.09. The lowest BCUT2D eigenvalue weighted by molar-refractivity contribution is -0.143. The zero-order chi connectivity index (χ0) is 26.1. The van der Waals surface area contributed by atoms with Crippen molar-refractivity contribution in [3.05, 3.63) is 21.9 Å². The van der Waals surface area contributed by atoms with E-state index in [0.29, 0.717) is 5.69 Å². The van der Waals surface area contributed by atoms with E-state index in [-0.39, 0.29) is 25.4 Å². The lowest BCUT2D eigenvalue weighted by Crippen LogP contribution is -2.47. The number of fused-ring (bicyclic) bond motifs is 1. The molecule has 0 aliphatic carbocycles. The number of aromatic nitrogens is 1. The van der Waals surface area contributed by atoms with Gasteiger partial charge in [-0.25, -0.2) is 9.37 Å². The van der Waals surface area contributed by atoms with E-state index in [1.807, 2.05) is 0 Å². The third kappa shape index (κ3) is 6.67. The average Bonchev–Trinajstić information content (AvgIpc) is 3.22. The fourth-order valence-corrected chi connectivity index (χ4v) is 5.11. The summed E-state index contributed by atoms with van der Waals surface area (Å²) in [5.74, 6) is -2.85.